The van der Waals surface area contributed by atoms with Gasteiger partial charge in [-0.2, -0.15) is 0 Å². The molecule has 3 aromatic rings. The van der Waals surface area contributed by atoms with E-state index in [9.17, 15) is 4.79 Å². The van der Waals surface area contributed by atoms with Gasteiger partial charge in [0, 0.05) is 12.7 Å². The Bertz CT molecular complexity index is 1020. The van der Waals surface area contributed by atoms with Gasteiger partial charge in [0.15, 0.2) is 17.1 Å². The smallest absolute Gasteiger partial charge is 0.234 e. The Morgan fingerprint density at radius 3 is 2.35 bits per heavy atom. The summed E-state index contributed by atoms with van der Waals surface area (Å²) in [5, 5.41) is 12.1. The minimum atomic E-state index is -0.270. The molecule has 1 N–H and O–H groups in total. The molecule has 0 spiro atoms. The molecule has 6 nitrogen and oxygen atoms in total. The summed E-state index contributed by atoms with van der Waals surface area (Å²) >= 11 is 1.35. The summed E-state index contributed by atoms with van der Waals surface area (Å²) in [6, 6.07) is 15.9. The lowest BCUT2D eigenvalue weighted by Gasteiger charge is -2.20. The summed E-state index contributed by atoms with van der Waals surface area (Å²) in [5.74, 6) is 1.67. The largest absolute Gasteiger partial charge is 0.483 e. The number of aryl methyl sites for hydroxylation is 1. The number of aromatic nitrogens is 3. The van der Waals surface area contributed by atoms with Crippen molar-refractivity contribution in [2.45, 2.75) is 51.3 Å². The molecule has 164 valence electrons. The second-order valence-corrected chi connectivity index (χ2v) is 9.58. The summed E-state index contributed by atoms with van der Waals surface area (Å²) in [6.07, 6.45) is -0.270. The molecule has 0 aliphatic carbocycles. The minimum Gasteiger partial charge on any atom is -0.483 e. The number of nitrogens with one attached hydrogen (secondary N) is 1. The Balaban J connectivity index is 1.57. The predicted octanol–water partition coefficient (Wildman–Crippen LogP) is 5.29. The third kappa shape index (κ3) is 6.10. The molecule has 2 aromatic carbocycles. The van der Waals surface area contributed by atoms with Crippen LogP contribution in [-0.2, 0) is 17.3 Å². The number of carbonyl (C=O) groups excluding carboxylic acids is 1. The third-order valence-electron chi connectivity index (χ3n) is 4.93. The Morgan fingerprint density at radius 2 is 1.74 bits per heavy atom. The van der Waals surface area contributed by atoms with Gasteiger partial charge in [-0.3, -0.25) is 4.79 Å². The van der Waals surface area contributed by atoms with E-state index >= 15 is 0 Å². The van der Waals surface area contributed by atoms with E-state index in [4.69, 9.17) is 4.74 Å². The molecular formula is C24H30N4O2S. The normalized spacial score (nSPS) is 12.5. The van der Waals surface area contributed by atoms with Gasteiger partial charge >= 0.3 is 0 Å². The van der Waals surface area contributed by atoms with Crippen LogP contribution in [0.3, 0.4) is 0 Å². The van der Waals surface area contributed by atoms with Crippen LogP contribution in [0.5, 0.6) is 5.75 Å². The van der Waals surface area contributed by atoms with Gasteiger partial charge in [0.1, 0.15) is 5.75 Å². The van der Waals surface area contributed by atoms with E-state index < -0.39 is 0 Å². The summed E-state index contributed by atoms with van der Waals surface area (Å²) < 4.78 is 7.94. The van der Waals surface area contributed by atoms with Crippen molar-refractivity contribution in [2.24, 2.45) is 7.05 Å². The molecule has 0 saturated carbocycles. The molecule has 0 radical (unpaired) electrons. The maximum Gasteiger partial charge on any atom is 0.234 e. The van der Waals surface area contributed by atoms with Gasteiger partial charge in [-0.1, -0.05) is 62.4 Å². The van der Waals surface area contributed by atoms with Gasteiger partial charge in [-0.15, -0.1) is 10.2 Å². The molecule has 0 aliphatic heterocycles. The zero-order valence-electron chi connectivity index (χ0n) is 19.0. The zero-order chi connectivity index (χ0) is 22.6. The first-order valence-electron chi connectivity index (χ1n) is 10.3. The molecule has 1 heterocycles. The SMILES string of the molecule is Cc1ccc(NC(=O)CSc2nnc(C(C)Oc3ccc(C(C)(C)C)cc3)n2C)cc1. The summed E-state index contributed by atoms with van der Waals surface area (Å²) in [6.45, 7) is 10.5. The number of nitrogens with zero attached hydrogens (tertiary/aromatic N) is 3. The molecule has 1 aromatic heterocycles. The van der Waals surface area contributed by atoms with Crippen molar-refractivity contribution in [3.8, 4) is 5.75 Å². The molecule has 0 bridgehead atoms. The number of anilines is 1. The van der Waals surface area contributed by atoms with Crippen molar-refractivity contribution in [3.05, 3.63) is 65.5 Å². The van der Waals surface area contributed by atoms with E-state index in [1.807, 2.05) is 61.9 Å². The van der Waals surface area contributed by atoms with Crippen molar-refractivity contribution in [2.75, 3.05) is 11.1 Å². The Kier molecular flexibility index (Phi) is 7.05. The minimum absolute atomic E-state index is 0.0818. The summed E-state index contributed by atoms with van der Waals surface area (Å²) in [7, 11) is 1.89. The van der Waals surface area contributed by atoms with E-state index in [0.717, 1.165) is 17.0 Å². The van der Waals surface area contributed by atoms with E-state index in [1.54, 1.807) is 0 Å². The van der Waals surface area contributed by atoms with Crippen LogP contribution in [0, 0.1) is 6.92 Å². The van der Waals surface area contributed by atoms with Crippen LogP contribution in [0.4, 0.5) is 5.69 Å². The molecular weight excluding hydrogens is 408 g/mol. The van der Waals surface area contributed by atoms with Crippen LogP contribution < -0.4 is 10.1 Å². The highest BCUT2D eigenvalue weighted by atomic mass is 32.2. The van der Waals surface area contributed by atoms with Crippen LogP contribution in [0.25, 0.3) is 0 Å². The number of benzene rings is 2. The van der Waals surface area contributed by atoms with Crippen LogP contribution in [0.2, 0.25) is 0 Å². The fraction of sp³-hybridized carbons (Fsp3) is 0.375. The van der Waals surface area contributed by atoms with E-state index in [0.29, 0.717) is 11.0 Å². The number of rotatable bonds is 7. The number of hydrogen-bond acceptors (Lipinski definition) is 5. The molecule has 0 fully saturated rings. The second-order valence-electron chi connectivity index (χ2n) is 8.64. The molecule has 1 amide bonds. The number of ether oxygens (including phenoxy) is 1. The van der Waals surface area contributed by atoms with Crippen molar-refractivity contribution < 1.29 is 9.53 Å². The fourth-order valence-corrected chi connectivity index (χ4v) is 3.78. The van der Waals surface area contributed by atoms with Gasteiger partial charge in [0.05, 0.1) is 5.75 Å². The van der Waals surface area contributed by atoms with Gasteiger partial charge in [-0.25, -0.2) is 0 Å². The van der Waals surface area contributed by atoms with E-state index in [2.05, 4.69) is 48.4 Å². The van der Waals surface area contributed by atoms with Crippen molar-refractivity contribution >= 4 is 23.4 Å². The average Bonchev–Trinajstić information content (AvgIpc) is 3.08. The lowest BCUT2D eigenvalue weighted by molar-refractivity contribution is -0.113. The standard InChI is InChI=1S/C24H30N4O2S/c1-16-7-11-19(12-8-16)25-21(29)15-31-23-27-26-22(28(23)6)17(2)30-20-13-9-18(10-14-20)24(3,4)5/h7-14,17H,15H2,1-6H3,(H,25,29). The lowest BCUT2D eigenvalue weighted by Crippen LogP contribution is -2.15. The monoisotopic (exact) mass is 438 g/mol. The van der Waals surface area contributed by atoms with Crippen molar-refractivity contribution in [1.82, 2.24) is 14.8 Å². The lowest BCUT2D eigenvalue weighted by atomic mass is 9.87. The number of hydrogen-bond donors (Lipinski definition) is 1. The highest BCUT2D eigenvalue weighted by Crippen LogP contribution is 2.27. The Labute approximate surface area is 188 Å². The topological polar surface area (TPSA) is 69.0 Å². The van der Waals surface area contributed by atoms with Crippen LogP contribution in [-0.4, -0.2) is 26.4 Å². The Hall–Kier alpha value is -2.80. The first-order valence-corrected chi connectivity index (χ1v) is 11.3. The molecule has 1 atom stereocenters. The molecule has 7 heteroatoms. The van der Waals surface area contributed by atoms with Gasteiger partial charge < -0.3 is 14.6 Å². The molecule has 3 rings (SSSR count). The molecule has 1 unspecified atom stereocenters. The predicted molar refractivity (Wildman–Crippen MR) is 126 cm³/mol. The van der Waals surface area contributed by atoms with Crippen molar-refractivity contribution in [1.29, 1.82) is 0 Å². The summed E-state index contributed by atoms with van der Waals surface area (Å²) in [4.78, 5) is 12.2. The number of carbonyl (C=O) groups is 1. The van der Waals surface area contributed by atoms with Gasteiger partial charge in [-0.05, 0) is 49.1 Å². The highest BCUT2D eigenvalue weighted by Gasteiger charge is 2.19. The van der Waals surface area contributed by atoms with E-state index in [-0.39, 0.29) is 23.2 Å². The summed E-state index contributed by atoms with van der Waals surface area (Å²) in [5.41, 5.74) is 3.30. The maximum absolute atomic E-state index is 12.2. The average molecular weight is 439 g/mol. The zero-order valence-corrected chi connectivity index (χ0v) is 19.8. The molecule has 31 heavy (non-hydrogen) atoms. The maximum atomic E-state index is 12.2. The van der Waals surface area contributed by atoms with Crippen LogP contribution in [0.15, 0.2) is 53.7 Å². The van der Waals surface area contributed by atoms with Gasteiger partial charge in [0.25, 0.3) is 0 Å². The number of thioether (sulfide) groups is 1. The van der Waals surface area contributed by atoms with E-state index in [1.165, 1.54) is 17.3 Å². The van der Waals surface area contributed by atoms with Gasteiger partial charge in [0.2, 0.25) is 5.91 Å². The quantitative estimate of drug-likeness (QED) is 0.508. The van der Waals surface area contributed by atoms with Crippen LogP contribution >= 0.6 is 11.8 Å². The highest BCUT2D eigenvalue weighted by molar-refractivity contribution is 7.99. The fourth-order valence-electron chi connectivity index (χ4n) is 3.06. The molecule has 0 saturated heterocycles. The second kappa shape index (κ2) is 9.56. The third-order valence-corrected chi connectivity index (χ3v) is 5.95. The Morgan fingerprint density at radius 1 is 1.10 bits per heavy atom. The first kappa shape index (κ1) is 22.9. The van der Waals surface area contributed by atoms with Crippen molar-refractivity contribution in [3.63, 3.8) is 0 Å². The molecule has 0 aliphatic rings. The first-order chi connectivity index (χ1) is 14.6. The number of amides is 1. The van der Waals surface area contributed by atoms with Crippen LogP contribution in [0.1, 0.15) is 50.8 Å².